The highest BCUT2D eigenvalue weighted by Crippen LogP contribution is 2.38. The molecule has 12 nitrogen and oxygen atoms in total. The van der Waals surface area contributed by atoms with Gasteiger partial charge in [-0.2, -0.15) is 0 Å². The third kappa shape index (κ3) is 11.3. The largest absolute Gasteiger partial charge is 0.431 e. The molecule has 4 amide bonds. The highest BCUT2D eigenvalue weighted by Gasteiger charge is 2.23. The lowest BCUT2D eigenvalue weighted by atomic mass is 9.86. The second-order valence-electron chi connectivity index (χ2n) is 11.5. The molecule has 0 heterocycles. The number of carbonyl (C=O) groups excluding carboxylic acids is 2. The molecule has 2 aromatic rings. The average molecular weight is 571 g/mol. The van der Waals surface area contributed by atoms with Gasteiger partial charge in [-0.3, -0.25) is 0 Å². The third-order valence-corrected chi connectivity index (χ3v) is 5.91. The fourth-order valence-electron chi connectivity index (χ4n) is 3.87. The van der Waals surface area contributed by atoms with Crippen LogP contribution in [0.5, 0.6) is 0 Å². The molecule has 38 heavy (non-hydrogen) atoms. The number of rotatable bonds is 7. The van der Waals surface area contributed by atoms with Crippen LogP contribution in [0.4, 0.5) is 21.0 Å². The molecule has 0 fully saturated rings. The molecule has 0 unspecified atom stereocenters. The molecule has 2 rings (SSSR count). The van der Waals surface area contributed by atoms with E-state index < -0.39 is 27.6 Å². The minimum Gasteiger partial charge on any atom is -0.308 e. The first-order valence-electron chi connectivity index (χ1n) is 11.7. The van der Waals surface area contributed by atoms with Gasteiger partial charge in [-0.05, 0) is 46.9 Å². The first kappa shape index (κ1) is 31.5. The Morgan fingerprint density at radius 1 is 0.658 bits per heavy atom. The van der Waals surface area contributed by atoms with Crippen LogP contribution < -0.4 is 20.8 Å². The zero-order valence-electron chi connectivity index (χ0n) is 22.2. The number of hydrogen-bond acceptors (Lipinski definition) is 4. The maximum absolute atomic E-state index is 12.4. The van der Waals surface area contributed by atoms with E-state index in [1.807, 2.05) is 53.7 Å². The topological polar surface area (TPSA) is 197 Å². The van der Waals surface area contributed by atoms with Crippen LogP contribution in [-0.2, 0) is 22.0 Å². The van der Waals surface area contributed by atoms with Gasteiger partial charge in [-0.25, -0.2) is 28.9 Å². The van der Waals surface area contributed by atoms with Crippen molar-refractivity contribution in [3.8, 4) is 11.1 Å². The second-order valence-corrected chi connectivity index (χ2v) is 14.1. The fourth-order valence-corrected chi connectivity index (χ4v) is 4.51. The van der Waals surface area contributed by atoms with Crippen LogP contribution in [0, 0.1) is 10.8 Å². The molecule has 0 radical (unpaired) electrons. The van der Waals surface area contributed by atoms with Gasteiger partial charge < -0.3 is 30.2 Å². The Bertz CT molecular complexity index is 1190. The van der Waals surface area contributed by atoms with Crippen LogP contribution in [0.1, 0.15) is 52.7 Å². The van der Waals surface area contributed by atoms with E-state index in [1.54, 1.807) is 34.4 Å². The number of urea groups is 2. The van der Waals surface area contributed by atoms with E-state index in [0.717, 1.165) is 11.1 Å². The van der Waals surface area contributed by atoms with Crippen molar-refractivity contribution in [3.63, 3.8) is 0 Å². The summed E-state index contributed by atoms with van der Waals surface area (Å²) in [6, 6.07) is 8.11. The molecule has 0 saturated carbocycles. The molecule has 14 heteroatoms. The fraction of sp³-hybridized carbons (Fsp3) is 0.417. The SMILES string of the molecule is CC(C)(C)Cc1ccc(-c2ccc(CC(C)(C)C)cc2NC(=O)NP(=O)(O)O)c(NC(=O)NP(=O)(O)O)c1. The van der Waals surface area contributed by atoms with Crippen LogP contribution in [-0.4, -0.2) is 31.6 Å². The van der Waals surface area contributed by atoms with Crippen LogP contribution in [0.2, 0.25) is 0 Å². The van der Waals surface area contributed by atoms with Gasteiger partial charge in [0.2, 0.25) is 0 Å². The lowest BCUT2D eigenvalue weighted by Gasteiger charge is -2.22. The summed E-state index contributed by atoms with van der Waals surface area (Å²) >= 11 is 0. The van der Waals surface area contributed by atoms with Crippen molar-refractivity contribution in [1.82, 2.24) is 10.2 Å². The van der Waals surface area contributed by atoms with E-state index in [4.69, 9.17) is 19.6 Å². The van der Waals surface area contributed by atoms with E-state index in [1.165, 1.54) is 0 Å². The van der Waals surface area contributed by atoms with Gasteiger partial charge in [0, 0.05) is 11.1 Å². The van der Waals surface area contributed by atoms with Crippen molar-refractivity contribution < 1.29 is 38.3 Å². The lowest BCUT2D eigenvalue weighted by Crippen LogP contribution is -2.27. The normalized spacial score (nSPS) is 12.6. The number of anilines is 2. The Labute approximate surface area is 222 Å². The van der Waals surface area contributed by atoms with Gasteiger partial charge in [0.15, 0.2) is 0 Å². The molecule has 8 N–H and O–H groups in total. The average Bonchev–Trinajstić information content (AvgIpc) is 2.63. The quantitative estimate of drug-likeness (QED) is 0.214. The van der Waals surface area contributed by atoms with E-state index >= 15 is 0 Å². The van der Waals surface area contributed by atoms with Crippen LogP contribution in [0.15, 0.2) is 36.4 Å². The molecule has 0 aromatic heterocycles. The number of hydrogen-bond donors (Lipinski definition) is 8. The Hall–Kier alpha value is -2.72. The zero-order chi connectivity index (χ0) is 29.1. The smallest absolute Gasteiger partial charge is 0.308 e. The molecule has 0 saturated heterocycles. The highest BCUT2D eigenvalue weighted by atomic mass is 31.2. The summed E-state index contributed by atoms with van der Waals surface area (Å²) in [5.41, 5.74) is 2.69. The van der Waals surface area contributed by atoms with Crippen LogP contribution >= 0.6 is 15.5 Å². The van der Waals surface area contributed by atoms with Crippen molar-refractivity contribution in [2.45, 2.75) is 54.4 Å². The molecular formula is C24H36N4O8P2. The summed E-state index contributed by atoms with van der Waals surface area (Å²) < 4.78 is 22.6. The minimum atomic E-state index is -4.87. The summed E-state index contributed by atoms with van der Waals surface area (Å²) in [6.45, 7) is 12.2. The Balaban J connectivity index is 2.65. The first-order valence-corrected chi connectivity index (χ1v) is 14.9. The summed E-state index contributed by atoms with van der Waals surface area (Å²) in [5, 5.41) is 8.08. The summed E-state index contributed by atoms with van der Waals surface area (Å²) in [6.07, 6.45) is 1.25. The minimum absolute atomic E-state index is 0.102. The number of nitrogens with one attached hydrogen (secondary N) is 4. The summed E-state index contributed by atoms with van der Waals surface area (Å²) in [4.78, 5) is 61.3. The Kier molecular flexibility index (Phi) is 9.59. The number of amides is 4. The predicted octanol–water partition coefficient (Wildman–Crippen LogP) is 4.96. The van der Waals surface area contributed by atoms with Gasteiger partial charge in [0.1, 0.15) is 0 Å². The van der Waals surface area contributed by atoms with E-state index in [-0.39, 0.29) is 22.2 Å². The molecular weight excluding hydrogens is 534 g/mol. The van der Waals surface area contributed by atoms with Gasteiger partial charge in [0.25, 0.3) is 0 Å². The van der Waals surface area contributed by atoms with E-state index in [2.05, 4.69) is 10.6 Å². The van der Waals surface area contributed by atoms with Gasteiger partial charge in [0.05, 0.1) is 11.4 Å². The van der Waals surface area contributed by atoms with Crippen molar-refractivity contribution >= 4 is 38.9 Å². The van der Waals surface area contributed by atoms with E-state index in [9.17, 15) is 18.7 Å². The maximum atomic E-state index is 12.4. The molecule has 0 aliphatic rings. The third-order valence-electron chi connectivity index (χ3n) is 4.92. The number of benzene rings is 2. The number of carbonyl (C=O) groups is 2. The van der Waals surface area contributed by atoms with Crippen molar-refractivity contribution in [1.29, 1.82) is 0 Å². The lowest BCUT2D eigenvalue weighted by molar-refractivity contribution is 0.251. The van der Waals surface area contributed by atoms with Crippen molar-refractivity contribution in [2.24, 2.45) is 10.8 Å². The summed E-state index contributed by atoms with van der Waals surface area (Å²) in [5.74, 6) is 0. The van der Waals surface area contributed by atoms with Crippen LogP contribution in [0.3, 0.4) is 0 Å². The maximum Gasteiger partial charge on any atom is 0.431 e. The molecule has 0 aliphatic heterocycles. The molecule has 0 bridgehead atoms. The first-order chi connectivity index (χ1) is 17.1. The summed E-state index contributed by atoms with van der Waals surface area (Å²) in [7, 11) is -9.74. The zero-order valence-corrected chi connectivity index (χ0v) is 24.0. The second kappa shape index (κ2) is 11.6. The molecule has 0 spiro atoms. The predicted molar refractivity (Wildman–Crippen MR) is 147 cm³/mol. The van der Waals surface area contributed by atoms with Crippen molar-refractivity contribution in [2.75, 3.05) is 10.6 Å². The Morgan fingerprint density at radius 2 is 0.974 bits per heavy atom. The van der Waals surface area contributed by atoms with Gasteiger partial charge in [-0.1, -0.05) is 65.8 Å². The molecule has 210 valence electrons. The monoisotopic (exact) mass is 570 g/mol. The standard InChI is InChI=1S/C24H36N4O8P2/c1-23(2,3)13-15-7-9-17(19(11-15)25-21(29)27-37(31,32)33)18-10-8-16(14-24(4,5)6)12-20(18)26-22(30)28-38(34,35)36/h7-12H,13-14H2,1-6H3,(H4,25,27,29,31,32,33)(H4,26,28,30,34,35,36). The molecule has 0 atom stereocenters. The highest BCUT2D eigenvalue weighted by molar-refractivity contribution is 7.50. The molecule has 2 aromatic carbocycles. The van der Waals surface area contributed by atoms with Crippen LogP contribution in [0.25, 0.3) is 11.1 Å². The van der Waals surface area contributed by atoms with Gasteiger partial charge in [-0.15, -0.1) is 0 Å². The van der Waals surface area contributed by atoms with Crippen molar-refractivity contribution in [3.05, 3.63) is 47.5 Å². The van der Waals surface area contributed by atoms with Gasteiger partial charge >= 0.3 is 27.6 Å². The molecule has 0 aliphatic carbocycles. The van der Waals surface area contributed by atoms with E-state index in [0.29, 0.717) is 24.0 Å². The Morgan fingerprint density at radius 3 is 1.24 bits per heavy atom.